The molecule has 17 heavy (non-hydrogen) atoms. The largest absolute Gasteiger partial charge is 0.477 e. The summed E-state index contributed by atoms with van der Waals surface area (Å²) >= 11 is 0. The van der Waals surface area contributed by atoms with Gasteiger partial charge in [0.2, 0.25) is 0 Å². The van der Waals surface area contributed by atoms with Crippen LogP contribution in [0.4, 0.5) is 11.4 Å². The van der Waals surface area contributed by atoms with Crippen LogP contribution in [-0.4, -0.2) is 22.5 Å². The van der Waals surface area contributed by atoms with Gasteiger partial charge < -0.3 is 10.4 Å². The van der Waals surface area contributed by atoms with Crippen LogP contribution < -0.4 is 5.32 Å². The van der Waals surface area contributed by atoms with Crippen molar-refractivity contribution in [3.05, 3.63) is 33.9 Å². The number of rotatable bonds is 5. The van der Waals surface area contributed by atoms with Gasteiger partial charge in [-0.3, -0.25) is 10.1 Å². The fourth-order valence-electron chi connectivity index (χ4n) is 1.30. The van der Waals surface area contributed by atoms with E-state index in [9.17, 15) is 14.9 Å². The number of hydrogen-bond donors (Lipinski definition) is 2. The molecule has 0 heterocycles. The Morgan fingerprint density at radius 3 is 2.65 bits per heavy atom. The second-order valence-corrected chi connectivity index (χ2v) is 4.07. The highest BCUT2D eigenvalue weighted by Crippen LogP contribution is 2.23. The van der Waals surface area contributed by atoms with Crippen LogP contribution in [0.1, 0.15) is 24.2 Å². The number of carbonyl (C=O) groups is 1. The monoisotopic (exact) mass is 238 g/mol. The Hall–Kier alpha value is -2.11. The second-order valence-electron chi connectivity index (χ2n) is 4.07. The Kier molecular flexibility index (Phi) is 4.03. The first-order valence-corrected chi connectivity index (χ1v) is 5.17. The summed E-state index contributed by atoms with van der Waals surface area (Å²) in [6.07, 6.45) is 0. The second kappa shape index (κ2) is 5.29. The first-order valence-electron chi connectivity index (χ1n) is 5.17. The minimum atomic E-state index is -1.30. The Bertz CT molecular complexity index is 443. The predicted octanol–water partition coefficient (Wildman–Crippen LogP) is 2.36. The number of nitrogens with zero attached hydrogens (tertiary/aromatic N) is 1. The van der Waals surface area contributed by atoms with Gasteiger partial charge in [0.05, 0.1) is 4.92 Å². The van der Waals surface area contributed by atoms with Crippen molar-refractivity contribution in [1.82, 2.24) is 0 Å². The number of nitro benzene ring substituents is 1. The Morgan fingerprint density at radius 1 is 1.53 bits per heavy atom. The molecule has 0 amide bonds. The van der Waals surface area contributed by atoms with Crippen LogP contribution in [0.25, 0.3) is 0 Å². The molecule has 1 aromatic rings. The third-order valence-electron chi connectivity index (χ3n) is 2.14. The van der Waals surface area contributed by atoms with E-state index >= 15 is 0 Å². The molecule has 0 atom stereocenters. The van der Waals surface area contributed by atoms with Gasteiger partial charge in [0.25, 0.3) is 5.69 Å². The fourth-order valence-corrected chi connectivity index (χ4v) is 1.30. The van der Waals surface area contributed by atoms with E-state index in [1.165, 1.54) is 18.2 Å². The lowest BCUT2D eigenvalue weighted by Crippen LogP contribution is -2.09. The maximum absolute atomic E-state index is 10.8. The van der Waals surface area contributed by atoms with Crippen molar-refractivity contribution < 1.29 is 14.8 Å². The molecular weight excluding hydrogens is 224 g/mol. The van der Waals surface area contributed by atoms with E-state index in [1.54, 1.807) is 0 Å². The van der Waals surface area contributed by atoms with E-state index in [4.69, 9.17) is 5.11 Å². The summed E-state index contributed by atoms with van der Waals surface area (Å²) < 4.78 is 0. The number of carboxylic acids is 1. The quantitative estimate of drug-likeness (QED) is 0.606. The zero-order chi connectivity index (χ0) is 13.0. The van der Waals surface area contributed by atoms with E-state index in [-0.39, 0.29) is 5.56 Å². The number of nitrogens with one attached hydrogen (secondary N) is 1. The van der Waals surface area contributed by atoms with E-state index in [1.807, 2.05) is 13.8 Å². The van der Waals surface area contributed by atoms with Crippen LogP contribution in [0.5, 0.6) is 0 Å². The topological polar surface area (TPSA) is 92.5 Å². The summed E-state index contributed by atoms with van der Waals surface area (Å²) in [6, 6.07) is 4.01. The first-order chi connectivity index (χ1) is 7.91. The van der Waals surface area contributed by atoms with Gasteiger partial charge in [0.1, 0.15) is 5.56 Å². The lowest BCUT2D eigenvalue weighted by molar-refractivity contribution is -0.385. The van der Waals surface area contributed by atoms with Crippen LogP contribution in [0.3, 0.4) is 0 Å². The molecule has 0 aliphatic carbocycles. The van der Waals surface area contributed by atoms with Crippen molar-refractivity contribution in [2.75, 3.05) is 11.9 Å². The molecule has 0 saturated heterocycles. The number of carboxylic acid groups (broad SMARTS) is 1. The summed E-state index contributed by atoms with van der Waals surface area (Å²) in [5, 5.41) is 22.5. The standard InChI is InChI=1S/C11H14N2O4/c1-7(2)6-12-8-3-4-9(11(14)15)10(5-8)13(16)17/h3-5,7,12H,6H2,1-2H3,(H,14,15). The SMILES string of the molecule is CC(C)CNc1ccc(C(=O)O)c([N+](=O)[O-])c1. The van der Waals surface area contributed by atoms with Crippen LogP contribution >= 0.6 is 0 Å². The maximum Gasteiger partial charge on any atom is 0.342 e. The van der Waals surface area contributed by atoms with E-state index in [0.29, 0.717) is 18.2 Å². The summed E-state index contributed by atoms with van der Waals surface area (Å²) in [7, 11) is 0. The van der Waals surface area contributed by atoms with Crippen LogP contribution in [0, 0.1) is 16.0 Å². The van der Waals surface area contributed by atoms with Gasteiger partial charge in [-0.1, -0.05) is 13.8 Å². The maximum atomic E-state index is 10.8. The molecular formula is C11H14N2O4. The van der Waals surface area contributed by atoms with E-state index in [2.05, 4.69) is 5.32 Å². The fraction of sp³-hybridized carbons (Fsp3) is 0.364. The molecule has 0 bridgehead atoms. The van der Waals surface area contributed by atoms with Crippen LogP contribution in [0.15, 0.2) is 18.2 Å². The van der Waals surface area contributed by atoms with Crippen molar-refractivity contribution in [2.45, 2.75) is 13.8 Å². The molecule has 6 heteroatoms. The number of hydrogen-bond acceptors (Lipinski definition) is 4. The molecule has 1 rings (SSSR count). The van der Waals surface area contributed by atoms with Crippen LogP contribution in [-0.2, 0) is 0 Å². The molecule has 6 nitrogen and oxygen atoms in total. The van der Waals surface area contributed by atoms with Crippen LogP contribution in [0.2, 0.25) is 0 Å². The van der Waals surface area contributed by atoms with E-state index < -0.39 is 16.6 Å². The molecule has 0 unspecified atom stereocenters. The van der Waals surface area contributed by atoms with Gasteiger partial charge in [-0.25, -0.2) is 4.79 Å². The summed E-state index contributed by atoms with van der Waals surface area (Å²) in [5.41, 5.74) is -0.147. The minimum absolute atomic E-state index is 0.301. The Morgan fingerprint density at radius 2 is 2.18 bits per heavy atom. The average molecular weight is 238 g/mol. The Balaban J connectivity index is 3.02. The smallest absolute Gasteiger partial charge is 0.342 e. The molecule has 0 spiro atoms. The Labute approximate surface area is 98.4 Å². The highest BCUT2D eigenvalue weighted by molar-refractivity contribution is 5.93. The molecule has 92 valence electrons. The lowest BCUT2D eigenvalue weighted by atomic mass is 10.1. The minimum Gasteiger partial charge on any atom is -0.477 e. The van der Waals surface area contributed by atoms with Gasteiger partial charge in [-0.05, 0) is 18.1 Å². The van der Waals surface area contributed by atoms with Crippen molar-refractivity contribution in [2.24, 2.45) is 5.92 Å². The third kappa shape index (κ3) is 3.44. The molecule has 0 saturated carbocycles. The highest BCUT2D eigenvalue weighted by atomic mass is 16.6. The van der Waals surface area contributed by atoms with Gasteiger partial charge in [-0.2, -0.15) is 0 Å². The number of nitro groups is 1. The summed E-state index contributed by atoms with van der Waals surface area (Å²) in [5.74, 6) is -0.902. The van der Waals surface area contributed by atoms with Crippen molar-refractivity contribution in [1.29, 1.82) is 0 Å². The molecule has 1 aromatic carbocycles. The zero-order valence-corrected chi connectivity index (χ0v) is 9.64. The van der Waals surface area contributed by atoms with Gasteiger partial charge in [0.15, 0.2) is 0 Å². The highest BCUT2D eigenvalue weighted by Gasteiger charge is 2.19. The number of anilines is 1. The lowest BCUT2D eigenvalue weighted by Gasteiger charge is -2.09. The normalized spacial score (nSPS) is 10.3. The van der Waals surface area contributed by atoms with E-state index in [0.717, 1.165) is 0 Å². The first kappa shape index (κ1) is 13.0. The average Bonchev–Trinajstić information content (AvgIpc) is 2.25. The van der Waals surface area contributed by atoms with Crippen molar-refractivity contribution >= 4 is 17.3 Å². The van der Waals surface area contributed by atoms with Gasteiger partial charge in [-0.15, -0.1) is 0 Å². The molecule has 2 N–H and O–H groups in total. The predicted molar refractivity (Wildman–Crippen MR) is 63.4 cm³/mol. The third-order valence-corrected chi connectivity index (χ3v) is 2.14. The van der Waals surface area contributed by atoms with Gasteiger partial charge >= 0.3 is 5.97 Å². The molecule has 0 aliphatic heterocycles. The van der Waals surface area contributed by atoms with Gasteiger partial charge in [0, 0.05) is 18.3 Å². The number of aromatic carboxylic acids is 1. The molecule has 0 aromatic heterocycles. The van der Waals surface area contributed by atoms with Crippen molar-refractivity contribution in [3.8, 4) is 0 Å². The molecule has 0 fully saturated rings. The molecule has 0 radical (unpaired) electrons. The summed E-state index contributed by atoms with van der Waals surface area (Å²) in [6.45, 7) is 4.68. The summed E-state index contributed by atoms with van der Waals surface area (Å²) in [4.78, 5) is 20.8. The molecule has 0 aliphatic rings. The number of benzene rings is 1. The zero-order valence-electron chi connectivity index (χ0n) is 9.64. The van der Waals surface area contributed by atoms with Crippen molar-refractivity contribution in [3.63, 3.8) is 0 Å².